The highest BCUT2D eigenvalue weighted by Crippen LogP contribution is 2.30. The van der Waals surface area contributed by atoms with Crippen molar-refractivity contribution in [2.75, 3.05) is 6.61 Å². The summed E-state index contributed by atoms with van der Waals surface area (Å²) in [4.78, 5) is 24.7. The second-order valence-electron chi connectivity index (χ2n) is 8.66. The molecule has 1 N–H and O–H groups in total. The molecule has 0 fully saturated rings. The summed E-state index contributed by atoms with van der Waals surface area (Å²) < 4.78 is 5.07. The fraction of sp³-hybridized carbons (Fsp3) is 0.882. The van der Waals surface area contributed by atoms with E-state index in [2.05, 4.69) is 26.1 Å². The molecule has 0 saturated carbocycles. The van der Waals surface area contributed by atoms with Crippen LogP contribution in [0.2, 0.25) is 0 Å². The average Bonchev–Trinajstić information content (AvgIpc) is 2.08. The van der Waals surface area contributed by atoms with Gasteiger partial charge in [0.2, 0.25) is 5.91 Å². The molecule has 0 aliphatic heterocycles. The van der Waals surface area contributed by atoms with Crippen molar-refractivity contribution in [2.24, 2.45) is 16.7 Å². The molecule has 1 unspecified atom stereocenters. The Labute approximate surface area is 130 Å². The van der Waals surface area contributed by atoms with Gasteiger partial charge in [0.1, 0.15) is 5.92 Å². The molecule has 0 aromatic heterocycles. The van der Waals surface area contributed by atoms with E-state index in [0.29, 0.717) is 0 Å². The van der Waals surface area contributed by atoms with Gasteiger partial charge in [0.15, 0.2) is 0 Å². The van der Waals surface area contributed by atoms with E-state index < -0.39 is 17.3 Å². The van der Waals surface area contributed by atoms with E-state index in [1.807, 2.05) is 34.6 Å². The number of carbonyl (C=O) groups is 2. The first kappa shape index (κ1) is 19.9. The van der Waals surface area contributed by atoms with Crippen molar-refractivity contribution >= 4 is 11.9 Å². The summed E-state index contributed by atoms with van der Waals surface area (Å²) in [6.07, 6.45) is 0.825. The van der Waals surface area contributed by atoms with Gasteiger partial charge < -0.3 is 10.1 Å². The first-order valence-corrected chi connectivity index (χ1v) is 7.68. The molecule has 0 heterocycles. The molecule has 0 aromatic carbocycles. The minimum atomic E-state index is -0.795. The molecule has 4 heteroatoms. The van der Waals surface area contributed by atoms with E-state index in [0.717, 1.165) is 6.42 Å². The molecule has 0 bridgehead atoms. The SMILES string of the molecule is CCOC(=O)C(C(=O)NC(C)(C)CC(C)(C)C)C(C)(C)C. The third-order valence-electron chi connectivity index (χ3n) is 3.08. The van der Waals surface area contributed by atoms with Gasteiger partial charge in [-0.2, -0.15) is 0 Å². The molecule has 1 amide bonds. The Kier molecular flexibility index (Phi) is 6.46. The number of nitrogens with one attached hydrogen (secondary N) is 1. The second-order valence-corrected chi connectivity index (χ2v) is 8.66. The van der Waals surface area contributed by atoms with Crippen LogP contribution in [0.25, 0.3) is 0 Å². The summed E-state index contributed by atoms with van der Waals surface area (Å²) in [5, 5.41) is 3.02. The van der Waals surface area contributed by atoms with Crippen molar-refractivity contribution < 1.29 is 14.3 Å². The molecule has 0 radical (unpaired) electrons. The van der Waals surface area contributed by atoms with Crippen LogP contribution in [0.3, 0.4) is 0 Å². The van der Waals surface area contributed by atoms with Crippen molar-refractivity contribution in [2.45, 2.75) is 74.3 Å². The Bertz CT molecular complexity index is 372. The van der Waals surface area contributed by atoms with Crippen LogP contribution >= 0.6 is 0 Å². The minimum absolute atomic E-state index is 0.0952. The van der Waals surface area contributed by atoms with E-state index in [1.165, 1.54) is 0 Å². The number of hydrogen-bond donors (Lipinski definition) is 1. The van der Waals surface area contributed by atoms with Crippen molar-refractivity contribution in [3.8, 4) is 0 Å². The summed E-state index contributed by atoms with van der Waals surface area (Å²) in [6, 6.07) is 0. The highest BCUT2D eigenvalue weighted by atomic mass is 16.5. The summed E-state index contributed by atoms with van der Waals surface area (Å²) in [6.45, 7) is 18.0. The molecule has 0 rings (SSSR count). The van der Waals surface area contributed by atoms with Gasteiger partial charge in [-0.15, -0.1) is 0 Å². The number of rotatable bonds is 5. The van der Waals surface area contributed by atoms with Crippen molar-refractivity contribution in [1.82, 2.24) is 5.32 Å². The quantitative estimate of drug-likeness (QED) is 0.624. The average molecular weight is 299 g/mol. The fourth-order valence-corrected chi connectivity index (χ4v) is 2.86. The molecule has 4 nitrogen and oxygen atoms in total. The maximum atomic E-state index is 12.6. The predicted molar refractivity (Wildman–Crippen MR) is 85.9 cm³/mol. The highest BCUT2D eigenvalue weighted by molar-refractivity contribution is 5.98. The monoisotopic (exact) mass is 299 g/mol. The summed E-state index contributed by atoms with van der Waals surface area (Å²) in [5.41, 5.74) is -0.753. The molecule has 1 atom stereocenters. The lowest BCUT2D eigenvalue weighted by Gasteiger charge is -2.36. The van der Waals surface area contributed by atoms with Gasteiger partial charge in [-0.05, 0) is 38.0 Å². The van der Waals surface area contributed by atoms with Gasteiger partial charge in [0.25, 0.3) is 0 Å². The standard InChI is InChI=1S/C17H33NO3/c1-10-21-14(20)12(16(5,6)7)13(19)18-17(8,9)11-15(2,3)4/h12H,10-11H2,1-9H3,(H,18,19). The Morgan fingerprint density at radius 3 is 1.81 bits per heavy atom. The van der Waals surface area contributed by atoms with Gasteiger partial charge in [0, 0.05) is 5.54 Å². The van der Waals surface area contributed by atoms with Crippen LogP contribution < -0.4 is 5.32 Å². The molecule has 0 aromatic rings. The van der Waals surface area contributed by atoms with Crippen LogP contribution in [-0.2, 0) is 14.3 Å². The van der Waals surface area contributed by atoms with Crippen LogP contribution in [0.5, 0.6) is 0 Å². The molecular weight excluding hydrogens is 266 g/mol. The van der Waals surface area contributed by atoms with Gasteiger partial charge in [0.05, 0.1) is 6.61 Å². The molecular formula is C17H33NO3. The molecule has 0 aliphatic rings. The lowest BCUT2D eigenvalue weighted by molar-refractivity contribution is -0.157. The molecule has 0 saturated heterocycles. The normalized spacial score (nSPS) is 14.5. The molecule has 124 valence electrons. The number of carbonyl (C=O) groups excluding carboxylic acids is 2. The van der Waals surface area contributed by atoms with E-state index in [1.54, 1.807) is 6.92 Å². The maximum absolute atomic E-state index is 12.6. The van der Waals surface area contributed by atoms with Gasteiger partial charge in [-0.1, -0.05) is 41.5 Å². The zero-order chi connectivity index (χ0) is 17.1. The van der Waals surface area contributed by atoms with E-state index >= 15 is 0 Å². The Morgan fingerprint density at radius 1 is 1.00 bits per heavy atom. The number of hydrogen-bond acceptors (Lipinski definition) is 3. The van der Waals surface area contributed by atoms with Gasteiger partial charge in [-0.3, -0.25) is 9.59 Å². The number of amides is 1. The van der Waals surface area contributed by atoms with E-state index in [-0.39, 0.29) is 23.5 Å². The van der Waals surface area contributed by atoms with Gasteiger partial charge >= 0.3 is 5.97 Å². The summed E-state index contributed by atoms with van der Waals surface area (Å²) in [7, 11) is 0. The first-order chi connectivity index (χ1) is 9.19. The van der Waals surface area contributed by atoms with Crippen LogP contribution in [0.1, 0.15) is 68.7 Å². The summed E-state index contributed by atoms with van der Waals surface area (Å²) >= 11 is 0. The Hall–Kier alpha value is -1.06. The summed E-state index contributed by atoms with van der Waals surface area (Å²) in [5.74, 6) is -1.50. The lowest BCUT2D eigenvalue weighted by atomic mass is 9.78. The zero-order valence-electron chi connectivity index (χ0n) is 15.2. The van der Waals surface area contributed by atoms with Crippen molar-refractivity contribution in [3.63, 3.8) is 0 Å². The number of ether oxygens (including phenoxy) is 1. The molecule has 0 aliphatic carbocycles. The van der Waals surface area contributed by atoms with E-state index in [4.69, 9.17) is 4.74 Å². The third kappa shape index (κ3) is 7.49. The lowest BCUT2D eigenvalue weighted by Crippen LogP contribution is -2.52. The number of esters is 1. The van der Waals surface area contributed by atoms with Crippen LogP contribution in [0.4, 0.5) is 0 Å². The zero-order valence-corrected chi connectivity index (χ0v) is 15.2. The highest BCUT2D eigenvalue weighted by Gasteiger charge is 2.41. The Balaban J connectivity index is 5.12. The smallest absolute Gasteiger partial charge is 0.319 e. The van der Waals surface area contributed by atoms with Crippen LogP contribution in [-0.4, -0.2) is 24.0 Å². The Morgan fingerprint density at radius 2 is 1.48 bits per heavy atom. The van der Waals surface area contributed by atoms with Gasteiger partial charge in [-0.25, -0.2) is 0 Å². The van der Waals surface area contributed by atoms with Crippen molar-refractivity contribution in [1.29, 1.82) is 0 Å². The van der Waals surface area contributed by atoms with Crippen LogP contribution in [0.15, 0.2) is 0 Å². The molecule has 21 heavy (non-hydrogen) atoms. The fourth-order valence-electron chi connectivity index (χ4n) is 2.86. The largest absolute Gasteiger partial charge is 0.465 e. The van der Waals surface area contributed by atoms with Crippen LogP contribution in [0, 0.1) is 16.7 Å². The third-order valence-corrected chi connectivity index (χ3v) is 3.08. The predicted octanol–water partition coefficient (Wildman–Crippen LogP) is 3.54. The second kappa shape index (κ2) is 6.80. The minimum Gasteiger partial charge on any atom is -0.465 e. The first-order valence-electron chi connectivity index (χ1n) is 7.68. The van der Waals surface area contributed by atoms with Crippen molar-refractivity contribution in [3.05, 3.63) is 0 Å². The topological polar surface area (TPSA) is 55.4 Å². The maximum Gasteiger partial charge on any atom is 0.319 e. The van der Waals surface area contributed by atoms with E-state index in [9.17, 15) is 9.59 Å². The molecule has 0 spiro atoms.